The second kappa shape index (κ2) is 4.60. The molecule has 0 fully saturated rings. The van der Waals surface area contributed by atoms with Gasteiger partial charge >= 0.3 is 0 Å². The highest BCUT2D eigenvalue weighted by Gasteiger charge is 2.18. The van der Waals surface area contributed by atoms with E-state index in [1.54, 1.807) is 18.3 Å². The van der Waals surface area contributed by atoms with Gasteiger partial charge in [-0.25, -0.2) is 0 Å². The van der Waals surface area contributed by atoms with Gasteiger partial charge in [0.05, 0.1) is 22.0 Å². The third-order valence-corrected chi connectivity index (χ3v) is 3.31. The van der Waals surface area contributed by atoms with Crippen LogP contribution in [0.25, 0.3) is 22.5 Å². The van der Waals surface area contributed by atoms with Crippen molar-refractivity contribution < 1.29 is 0 Å². The highest BCUT2D eigenvalue weighted by atomic mass is 35.5. The predicted molar refractivity (Wildman–Crippen MR) is 76.0 cm³/mol. The zero-order chi connectivity index (χ0) is 13.4. The fourth-order valence-electron chi connectivity index (χ4n) is 1.91. The van der Waals surface area contributed by atoms with E-state index in [4.69, 9.17) is 28.9 Å². The number of halogens is 2. The summed E-state index contributed by atoms with van der Waals surface area (Å²) in [6.45, 7) is 0. The van der Waals surface area contributed by atoms with Crippen LogP contribution in [0.15, 0.2) is 30.5 Å². The molecule has 0 saturated carbocycles. The number of nitrogens with one attached hydrogen (secondary N) is 2. The van der Waals surface area contributed by atoms with Crippen molar-refractivity contribution in [3.05, 3.63) is 40.5 Å². The molecular formula is C12H9Cl2N5. The molecule has 0 aliphatic rings. The number of hydrogen-bond acceptors (Lipinski definition) is 3. The summed E-state index contributed by atoms with van der Waals surface area (Å²) >= 11 is 12.1. The molecule has 19 heavy (non-hydrogen) atoms. The molecule has 3 rings (SSSR count). The quantitative estimate of drug-likeness (QED) is 0.677. The highest BCUT2D eigenvalue weighted by molar-refractivity contribution is 6.36. The van der Waals surface area contributed by atoms with E-state index in [1.807, 2.05) is 12.1 Å². The molecule has 0 radical (unpaired) electrons. The molecule has 1 aromatic carbocycles. The average Bonchev–Trinajstić information content (AvgIpc) is 2.99. The minimum absolute atomic E-state index is 0.369. The lowest BCUT2D eigenvalue weighted by Gasteiger charge is -2.06. The second-order valence-electron chi connectivity index (χ2n) is 3.95. The van der Waals surface area contributed by atoms with Crippen LogP contribution < -0.4 is 5.73 Å². The number of hydrogen-bond donors (Lipinski definition) is 3. The Kier molecular flexibility index (Phi) is 2.93. The SMILES string of the molecule is Nc1n[nH]c(-c2ccn[nH]2)c1-c1ccc(Cl)cc1Cl. The largest absolute Gasteiger partial charge is 0.382 e. The summed E-state index contributed by atoms with van der Waals surface area (Å²) in [5.41, 5.74) is 8.93. The van der Waals surface area contributed by atoms with Crippen LogP contribution in [0.1, 0.15) is 0 Å². The second-order valence-corrected chi connectivity index (χ2v) is 4.80. The first-order valence-electron chi connectivity index (χ1n) is 5.46. The van der Waals surface area contributed by atoms with Crippen LogP contribution in [0, 0.1) is 0 Å². The molecule has 0 spiro atoms. The third-order valence-electron chi connectivity index (χ3n) is 2.76. The lowest BCUT2D eigenvalue weighted by atomic mass is 10.0. The van der Waals surface area contributed by atoms with Crippen molar-refractivity contribution in [3.8, 4) is 22.5 Å². The number of nitrogens with two attached hydrogens (primary N) is 1. The van der Waals surface area contributed by atoms with Crippen molar-refractivity contribution in [2.24, 2.45) is 0 Å². The zero-order valence-corrected chi connectivity index (χ0v) is 11.1. The molecule has 4 N–H and O–H groups in total. The van der Waals surface area contributed by atoms with E-state index in [1.165, 1.54) is 0 Å². The third kappa shape index (κ3) is 2.07. The number of anilines is 1. The van der Waals surface area contributed by atoms with Gasteiger partial charge in [-0.05, 0) is 18.2 Å². The number of aromatic amines is 2. The van der Waals surface area contributed by atoms with E-state index in [2.05, 4.69) is 20.4 Å². The van der Waals surface area contributed by atoms with E-state index >= 15 is 0 Å². The normalized spacial score (nSPS) is 10.8. The van der Waals surface area contributed by atoms with Crippen molar-refractivity contribution >= 4 is 29.0 Å². The summed E-state index contributed by atoms with van der Waals surface area (Å²) in [6, 6.07) is 7.06. The average molecular weight is 294 g/mol. The first-order valence-corrected chi connectivity index (χ1v) is 6.21. The number of aromatic nitrogens is 4. The predicted octanol–water partition coefficient (Wildman–Crippen LogP) is 3.36. The van der Waals surface area contributed by atoms with Gasteiger partial charge in [-0.15, -0.1) is 0 Å². The van der Waals surface area contributed by atoms with Gasteiger partial charge in [-0.1, -0.05) is 29.3 Å². The van der Waals surface area contributed by atoms with Gasteiger partial charge in [-0.2, -0.15) is 10.2 Å². The molecule has 0 aliphatic heterocycles. The first-order chi connectivity index (χ1) is 9.16. The van der Waals surface area contributed by atoms with Crippen molar-refractivity contribution in [2.75, 3.05) is 5.73 Å². The molecule has 2 aromatic heterocycles. The van der Waals surface area contributed by atoms with Crippen molar-refractivity contribution in [3.63, 3.8) is 0 Å². The molecule has 0 bridgehead atoms. The molecule has 0 saturated heterocycles. The van der Waals surface area contributed by atoms with Crippen molar-refractivity contribution in [2.45, 2.75) is 0 Å². The van der Waals surface area contributed by atoms with Crippen LogP contribution in [-0.4, -0.2) is 20.4 Å². The minimum atomic E-state index is 0.369. The monoisotopic (exact) mass is 293 g/mol. The maximum atomic E-state index is 6.22. The summed E-state index contributed by atoms with van der Waals surface area (Å²) in [7, 11) is 0. The molecule has 0 aliphatic carbocycles. The Bertz CT molecular complexity index is 718. The molecule has 2 heterocycles. The molecular weight excluding hydrogens is 285 g/mol. The van der Waals surface area contributed by atoms with Crippen molar-refractivity contribution in [1.29, 1.82) is 0 Å². The molecule has 7 heteroatoms. The van der Waals surface area contributed by atoms with Gasteiger partial charge in [0.25, 0.3) is 0 Å². The lowest BCUT2D eigenvalue weighted by molar-refractivity contribution is 1.06. The van der Waals surface area contributed by atoms with E-state index in [-0.39, 0.29) is 0 Å². The van der Waals surface area contributed by atoms with Crippen LogP contribution >= 0.6 is 23.2 Å². The number of H-pyrrole nitrogens is 2. The van der Waals surface area contributed by atoms with Crippen LogP contribution in [-0.2, 0) is 0 Å². The van der Waals surface area contributed by atoms with Crippen LogP contribution in [0.5, 0.6) is 0 Å². The van der Waals surface area contributed by atoms with E-state index < -0.39 is 0 Å². The van der Waals surface area contributed by atoms with E-state index in [9.17, 15) is 0 Å². The summed E-state index contributed by atoms with van der Waals surface area (Å²) in [5, 5.41) is 14.8. The van der Waals surface area contributed by atoms with E-state index in [0.717, 1.165) is 22.5 Å². The maximum absolute atomic E-state index is 6.22. The van der Waals surface area contributed by atoms with Crippen LogP contribution in [0.2, 0.25) is 10.0 Å². The molecule has 0 amide bonds. The van der Waals surface area contributed by atoms with Gasteiger partial charge in [-0.3, -0.25) is 10.2 Å². The van der Waals surface area contributed by atoms with Gasteiger partial charge in [0, 0.05) is 16.8 Å². The van der Waals surface area contributed by atoms with Gasteiger partial charge in [0.1, 0.15) is 0 Å². The van der Waals surface area contributed by atoms with E-state index in [0.29, 0.717) is 15.9 Å². The Labute approximate surface area is 118 Å². The Hall–Kier alpha value is -1.98. The Balaban J connectivity index is 2.22. The first kappa shape index (κ1) is 12.1. The number of nitrogens with zero attached hydrogens (tertiary/aromatic N) is 2. The highest BCUT2D eigenvalue weighted by Crippen LogP contribution is 2.38. The summed E-state index contributed by atoms with van der Waals surface area (Å²) in [6.07, 6.45) is 1.65. The fourth-order valence-corrected chi connectivity index (χ4v) is 2.41. The lowest BCUT2D eigenvalue weighted by Crippen LogP contribution is -1.90. The molecule has 96 valence electrons. The van der Waals surface area contributed by atoms with Gasteiger partial charge in [0.2, 0.25) is 0 Å². The molecule has 0 atom stereocenters. The zero-order valence-electron chi connectivity index (χ0n) is 9.61. The van der Waals surface area contributed by atoms with Crippen LogP contribution in [0.4, 0.5) is 5.82 Å². The fraction of sp³-hybridized carbons (Fsp3) is 0. The Morgan fingerprint density at radius 2 is 1.95 bits per heavy atom. The van der Waals surface area contributed by atoms with Crippen LogP contribution in [0.3, 0.4) is 0 Å². The minimum Gasteiger partial charge on any atom is -0.382 e. The van der Waals surface area contributed by atoms with Gasteiger partial charge < -0.3 is 5.73 Å². The summed E-state index contributed by atoms with van der Waals surface area (Å²) in [4.78, 5) is 0. The Morgan fingerprint density at radius 3 is 2.63 bits per heavy atom. The topological polar surface area (TPSA) is 83.4 Å². The molecule has 0 unspecified atom stereocenters. The standard InChI is InChI=1S/C12H9Cl2N5/c13-6-1-2-7(8(14)5-6)10-11(18-19-12(10)15)9-3-4-16-17-9/h1-5H,(H,16,17)(H3,15,18,19). The smallest absolute Gasteiger partial charge is 0.153 e. The van der Waals surface area contributed by atoms with Gasteiger partial charge in [0.15, 0.2) is 5.82 Å². The molecule has 3 aromatic rings. The van der Waals surface area contributed by atoms with Crippen molar-refractivity contribution in [1.82, 2.24) is 20.4 Å². The Morgan fingerprint density at radius 1 is 1.11 bits per heavy atom. The number of nitrogen functional groups attached to an aromatic ring is 1. The summed E-state index contributed by atoms with van der Waals surface area (Å²) < 4.78 is 0. The summed E-state index contributed by atoms with van der Waals surface area (Å²) in [5.74, 6) is 0.369. The molecule has 5 nitrogen and oxygen atoms in total. The number of rotatable bonds is 2. The number of benzene rings is 1. The maximum Gasteiger partial charge on any atom is 0.153 e.